The van der Waals surface area contributed by atoms with E-state index in [-0.39, 0.29) is 35.6 Å². The SMILES string of the molecule is COCCCN(CC(=O)N1CCc2sccc2[C@@H]1c1ccccc1C)S(=O)(=O)c1ccc([N+](=O)[O-])cc1. The predicted octanol–water partition coefficient (Wildman–Crippen LogP) is 4.17. The topological polar surface area (TPSA) is 110 Å². The molecule has 1 aliphatic rings. The number of nitro benzene ring substituents is 1. The van der Waals surface area contributed by atoms with Crippen LogP contribution in [0.2, 0.25) is 0 Å². The molecule has 196 valence electrons. The number of thiophene rings is 1. The summed E-state index contributed by atoms with van der Waals surface area (Å²) in [6.07, 6.45) is 1.10. The standard InChI is InChI=1S/C26H29N3O6S2/c1-19-6-3-4-7-22(19)26-23-13-17-36-24(23)12-15-28(26)25(30)18-27(14-5-16-35-2)37(33,34)21-10-8-20(9-11-21)29(31)32/h3-4,6-11,13,17,26H,5,12,14-16,18H2,1-2H3/t26-/m0/s1. The number of fused-ring (bicyclic) bond motifs is 1. The minimum absolute atomic E-state index is 0.0749. The van der Waals surface area contributed by atoms with Gasteiger partial charge in [0.25, 0.3) is 5.69 Å². The van der Waals surface area contributed by atoms with Gasteiger partial charge < -0.3 is 9.64 Å². The van der Waals surface area contributed by atoms with Crippen LogP contribution in [-0.4, -0.2) is 61.8 Å². The average molecular weight is 544 g/mol. The van der Waals surface area contributed by atoms with Gasteiger partial charge in [0.1, 0.15) is 0 Å². The van der Waals surface area contributed by atoms with Crippen LogP contribution in [0, 0.1) is 17.0 Å². The Kier molecular flexibility index (Phi) is 8.38. The molecule has 1 aliphatic heterocycles. The maximum atomic E-state index is 13.8. The Morgan fingerprint density at radius 2 is 1.89 bits per heavy atom. The number of nitro groups is 1. The van der Waals surface area contributed by atoms with E-state index in [9.17, 15) is 23.3 Å². The number of rotatable bonds is 10. The summed E-state index contributed by atoms with van der Waals surface area (Å²) in [5.74, 6) is -0.298. The largest absolute Gasteiger partial charge is 0.385 e. The van der Waals surface area contributed by atoms with Crippen molar-refractivity contribution in [1.29, 1.82) is 0 Å². The third kappa shape index (κ3) is 5.74. The number of carbonyl (C=O) groups excluding carboxylic acids is 1. The van der Waals surface area contributed by atoms with Gasteiger partial charge in [-0.3, -0.25) is 14.9 Å². The van der Waals surface area contributed by atoms with Crippen molar-refractivity contribution in [2.24, 2.45) is 0 Å². The van der Waals surface area contributed by atoms with Crippen LogP contribution in [0.4, 0.5) is 5.69 Å². The quantitative estimate of drug-likeness (QED) is 0.216. The van der Waals surface area contributed by atoms with Crippen molar-refractivity contribution in [2.45, 2.75) is 30.7 Å². The summed E-state index contributed by atoms with van der Waals surface area (Å²) in [6.45, 7) is 2.55. The normalized spacial score (nSPS) is 15.5. The molecule has 2 aromatic carbocycles. The van der Waals surface area contributed by atoms with Gasteiger partial charge in [-0.15, -0.1) is 11.3 Å². The van der Waals surface area contributed by atoms with Crippen LogP contribution in [0.15, 0.2) is 64.9 Å². The summed E-state index contributed by atoms with van der Waals surface area (Å²) in [5, 5.41) is 13.0. The Morgan fingerprint density at radius 1 is 1.16 bits per heavy atom. The molecule has 37 heavy (non-hydrogen) atoms. The van der Waals surface area contributed by atoms with Crippen molar-refractivity contribution in [3.8, 4) is 0 Å². The smallest absolute Gasteiger partial charge is 0.269 e. The van der Waals surface area contributed by atoms with E-state index in [1.54, 1.807) is 16.2 Å². The molecule has 0 unspecified atom stereocenters. The van der Waals surface area contributed by atoms with Crippen molar-refractivity contribution in [2.75, 3.05) is 33.4 Å². The lowest BCUT2D eigenvalue weighted by Crippen LogP contribution is -2.47. The number of non-ortho nitro benzene ring substituents is 1. The number of hydrogen-bond donors (Lipinski definition) is 0. The second-order valence-electron chi connectivity index (χ2n) is 8.83. The van der Waals surface area contributed by atoms with Gasteiger partial charge in [-0.2, -0.15) is 4.31 Å². The molecule has 0 aliphatic carbocycles. The molecular weight excluding hydrogens is 514 g/mol. The van der Waals surface area contributed by atoms with E-state index in [0.29, 0.717) is 26.0 Å². The molecule has 1 atom stereocenters. The molecule has 0 saturated heterocycles. The Labute approximate surface area is 220 Å². The number of carbonyl (C=O) groups is 1. The number of nitrogens with zero attached hydrogens (tertiary/aromatic N) is 3. The van der Waals surface area contributed by atoms with Crippen LogP contribution in [0.3, 0.4) is 0 Å². The molecule has 1 amide bonds. The molecule has 0 radical (unpaired) electrons. The molecule has 0 spiro atoms. The third-order valence-corrected chi connectivity index (χ3v) is 9.38. The maximum absolute atomic E-state index is 13.8. The lowest BCUT2D eigenvalue weighted by molar-refractivity contribution is -0.384. The number of hydrogen-bond acceptors (Lipinski definition) is 7. The fraction of sp³-hybridized carbons (Fsp3) is 0.346. The van der Waals surface area contributed by atoms with Crippen LogP contribution < -0.4 is 0 Å². The first-order chi connectivity index (χ1) is 17.7. The average Bonchev–Trinajstić information content (AvgIpc) is 3.37. The van der Waals surface area contributed by atoms with Crippen molar-refractivity contribution < 1.29 is 22.9 Å². The van der Waals surface area contributed by atoms with Crippen LogP contribution in [0.25, 0.3) is 0 Å². The molecule has 4 rings (SSSR count). The Balaban J connectivity index is 1.65. The number of amides is 1. The summed E-state index contributed by atoms with van der Waals surface area (Å²) >= 11 is 1.67. The van der Waals surface area contributed by atoms with E-state index >= 15 is 0 Å². The van der Waals surface area contributed by atoms with Gasteiger partial charge in [-0.1, -0.05) is 24.3 Å². The molecule has 0 fully saturated rings. The Hall–Kier alpha value is -3.12. The number of benzene rings is 2. The zero-order valence-electron chi connectivity index (χ0n) is 20.7. The highest BCUT2D eigenvalue weighted by Gasteiger charge is 2.36. The van der Waals surface area contributed by atoms with Crippen LogP contribution in [-0.2, 0) is 26.0 Å². The predicted molar refractivity (Wildman–Crippen MR) is 141 cm³/mol. The van der Waals surface area contributed by atoms with E-state index < -0.39 is 14.9 Å². The first-order valence-corrected chi connectivity index (χ1v) is 14.2. The van der Waals surface area contributed by atoms with Crippen molar-refractivity contribution in [3.63, 3.8) is 0 Å². The highest BCUT2D eigenvalue weighted by atomic mass is 32.2. The summed E-state index contributed by atoms with van der Waals surface area (Å²) in [6, 6.07) is 14.4. The molecule has 11 heteroatoms. The first-order valence-electron chi connectivity index (χ1n) is 11.9. The summed E-state index contributed by atoms with van der Waals surface area (Å²) in [4.78, 5) is 27.1. The molecule has 1 aromatic heterocycles. The van der Waals surface area contributed by atoms with Gasteiger partial charge in [0.2, 0.25) is 15.9 Å². The molecule has 0 bridgehead atoms. The Bertz CT molecular complexity index is 1370. The summed E-state index contributed by atoms with van der Waals surface area (Å²) < 4.78 is 33.3. The molecule has 3 aromatic rings. The third-order valence-electron chi connectivity index (χ3n) is 6.52. The molecular formula is C26H29N3O6S2. The highest BCUT2D eigenvalue weighted by molar-refractivity contribution is 7.89. The van der Waals surface area contributed by atoms with Gasteiger partial charge in [0.15, 0.2) is 0 Å². The first kappa shape index (κ1) is 26.9. The van der Waals surface area contributed by atoms with Crippen molar-refractivity contribution in [3.05, 3.63) is 91.7 Å². The molecule has 0 saturated carbocycles. The number of ether oxygens (including phenoxy) is 1. The van der Waals surface area contributed by atoms with Gasteiger partial charge in [-0.05, 0) is 60.0 Å². The van der Waals surface area contributed by atoms with E-state index in [2.05, 4.69) is 0 Å². The van der Waals surface area contributed by atoms with E-state index in [4.69, 9.17) is 4.74 Å². The zero-order valence-corrected chi connectivity index (χ0v) is 22.3. The van der Waals surface area contributed by atoms with Crippen molar-refractivity contribution in [1.82, 2.24) is 9.21 Å². The van der Waals surface area contributed by atoms with Gasteiger partial charge in [0.05, 0.1) is 22.4 Å². The van der Waals surface area contributed by atoms with E-state index in [1.165, 1.54) is 24.1 Å². The lowest BCUT2D eigenvalue weighted by Gasteiger charge is -2.38. The Morgan fingerprint density at radius 3 is 2.57 bits per heavy atom. The van der Waals surface area contributed by atoms with Gasteiger partial charge in [0, 0.05) is 43.8 Å². The van der Waals surface area contributed by atoms with Crippen LogP contribution in [0.5, 0.6) is 0 Å². The fourth-order valence-electron chi connectivity index (χ4n) is 4.61. The maximum Gasteiger partial charge on any atom is 0.269 e. The molecule has 2 heterocycles. The van der Waals surface area contributed by atoms with E-state index in [0.717, 1.165) is 33.1 Å². The zero-order chi connectivity index (χ0) is 26.6. The minimum Gasteiger partial charge on any atom is -0.385 e. The summed E-state index contributed by atoms with van der Waals surface area (Å²) in [7, 11) is -2.56. The second kappa shape index (κ2) is 11.5. The lowest BCUT2D eigenvalue weighted by atomic mass is 9.90. The number of aryl methyl sites for hydroxylation is 1. The number of sulfonamides is 1. The fourth-order valence-corrected chi connectivity index (χ4v) is 6.95. The van der Waals surface area contributed by atoms with E-state index in [1.807, 2.05) is 42.6 Å². The number of methoxy groups -OCH3 is 1. The minimum atomic E-state index is -4.09. The second-order valence-corrected chi connectivity index (χ2v) is 11.8. The molecule has 0 N–H and O–H groups in total. The monoisotopic (exact) mass is 543 g/mol. The summed E-state index contributed by atoms with van der Waals surface area (Å²) in [5.41, 5.74) is 2.93. The van der Waals surface area contributed by atoms with Crippen LogP contribution >= 0.6 is 11.3 Å². The highest BCUT2D eigenvalue weighted by Crippen LogP contribution is 2.39. The van der Waals surface area contributed by atoms with Crippen molar-refractivity contribution >= 4 is 33.0 Å². The van der Waals surface area contributed by atoms with Gasteiger partial charge in [-0.25, -0.2) is 8.42 Å². The molecule has 9 nitrogen and oxygen atoms in total. The van der Waals surface area contributed by atoms with Gasteiger partial charge >= 0.3 is 0 Å². The van der Waals surface area contributed by atoms with Crippen LogP contribution in [0.1, 0.15) is 34.0 Å².